The van der Waals surface area contributed by atoms with Crippen LogP contribution in [0.1, 0.15) is 39.5 Å². The molecule has 116 valence electrons. The zero-order chi connectivity index (χ0) is 15.8. The van der Waals surface area contributed by atoms with Gasteiger partial charge in [0.1, 0.15) is 6.54 Å². The number of benzene rings is 1. The molecule has 0 aliphatic heterocycles. The van der Waals surface area contributed by atoms with Crippen molar-refractivity contribution in [1.29, 1.82) is 0 Å². The van der Waals surface area contributed by atoms with E-state index in [9.17, 15) is 9.59 Å². The van der Waals surface area contributed by atoms with Crippen LogP contribution >= 0.6 is 11.6 Å². The minimum atomic E-state index is -1.02. The highest BCUT2D eigenvalue weighted by Gasteiger charge is 2.25. The van der Waals surface area contributed by atoms with E-state index in [1.807, 2.05) is 6.92 Å². The summed E-state index contributed by atoms with van der Waals surface area (Å²) in [5, 5.41) is 9.61. The second-order valence-electron chi connectivity index (χ2n) is 5.04. The molecule has 21 heavy (non-hydrogen) atoms. The fourth-order valence-corrected chi connectivity index (χ4v) is 2.35. The van der Waals surface area contributed by atoms with E-state index in [1.165, 1.54) is 4.90 Å². The Morgan fingerprint density at radius 1 is 1.24 bits per heavy atom. The third kappa shape index (κ3) is 5.38. The van der Waals surface area contributed by atoms with Gasteiger partial charge in [0, 0.05) is 16.6 Å². The number of nitrogens with zero attached hydrogens (tertiary/aromatic N) is 1. The Morgan fingerprint density at radius 3 is 2.33 bits per heavy atom. The topological polar surface area (TPSA) is 57.6 Å². The van der Waals surface area contributed by atoms with E-state index in [0.29, 0.717) is 17.1 Å². The van der Waals surface area contributed by atoms with Crippen LogP contribution in [0.3, 0.4) is 0 Å². The van der Waals surface area contributed by atoms with Gasteiger partial charge in [-0.1, -0.05) is 38.3 Å². The predicted molar refractivity (Wildman–Crippen MR) is 84.7 cm³/mol. The Kier molecular flexibility index (Phi) is 7.23. The lowest BCUT2D eigenvalue weighted by Crippen LogP contribution is -2.39. The Hall–Kier alpha value is -1.55. The lowest BCUT2D eigenvalue weighted by molar-refractivity contribution is -0.137. The van der Waals surface area contributed by atoms with Crippen LogP contribution < -0.4 is 4.90 Å². The second kappa shape index (κ2) is 8.67. The highest BCUT2D eigenvalue weighted by atomic mass is 35.5. The zero-order valence-electron chi connectivity index (χ0n) is 12.5. The lowest BCUT2D eigenvalue weighted by atomic mass is 9.97. The van der Waals surface area contributed by atoms with Gasteiger partial charge >= 0.3 is 5.97 Å². The molecule has 4 nitrogen and oxygen atoms in total. The summed E-state index contributed by atoms with van der Waals surface area (Å²) in [6.07, 6.45) is 3.48. The smallest absolute Gasteiger partial charge is 0.323 e. The van der Waals surface area contributed by atoms with Crippen molar-refractivity contribution < 1.29 is 14.7 Å². The van der Waals surface area contributed by atoms with Gasteiger partial charge in [0.05, 0.1) is 0 Å². The molecule has 0 aliphatic rings. The number of aliphatic carboxylic acids is 1. The van der Waals surface area contributed by atoms with Gasteiger partial charge in [0.2, 0.25) is 5.91 Å². The van der Waals surface area contributed by atoms with E-state index >= 15 is 0 Å². The van der Waals surface area contributed by atoms with Gasteiger partial charge in [0.25, 0.3) is 0 Å². The second-order valence-corrected chi connectivity index (χ2v) is 5.48. The molecule has 0 saturated heterocycles. The number of carboxylic acids is 1. The molecule has 1 unspecified atom stereocenters. The molecule has 0 spiro atoms. The van der Waals surface area contributed by atoms with Gasteiger partial charge in [-0.2, -0.15) is 0 Å². The molecule has 0 saturated carbocycles. The van der Waals surface area contributed by atoms with Crippen molar-refractivity contribution in [2.45, 2.75) is 39.5 Å². The molecule has 0 aromatic heterocycles. The third-order valence-electron chi connectivity index (χ3n) is 3.45. The Labute approximate surface area is 130 Å². The molecule has 0 aliphatic carbocycles. The molecule has 1 aromatic rings. The van der Waals surface area contributed by atoms with Crippen molar-refractivity contribution in [2.24, 2.45) is 5.92 Å². The summed E-state index contributed by atoms with van der Waals surface area (Å²) < 4.78 is 0. The van der Waals surface area contributed by atoms with E-state index in [-0.39, 0.29) is 18.4 Å². The summed E-state index contributed by atoms with van der Waals surface area (Å²) in [4.78, 5) is 25.0. The van der Waals surface area contributed by atoms with Crippen LogP contribution in [0.15, 0.2) is 24.3 Å². The van der Waals surface area contributed by atoms with Gasteiger partial charge < -0.3 is 10.0 Å². The lowest BCUT2D eigenvalue weighted by Gasteiger charge is -2.25. The van der Waals surface area contributed by atoms with Crippen LogP contribution in [0.25, 0.3) is 0 Å². The summed E-state index contributed by atoms with van der Waals surface area (Å²) in [7, 11) is 0. The molecular formula is C16H22ClNO3. The number of carbonyl (C=O) groups is 2. The summed E-state index contributed by atoms with van der Waals surface area (Å²) in [5.74, 6) is -1.29. The summed E-state index contributed by atoms with van der Waals surface area (Å²) >= 11 is 5.84. The normalized spacial score (nSPS) is 12.0. The monoisotopic (exact) mass is 311 g/mol. The van der Waals surface area contributed by atoms with Gasteiger partial charge in [0.15, 0.2) is 0 Å². The van der Waals surface area contributed by atoms with Crippen molar-refractivity contribution >= 4 is 29.2 Å². The van der Waals surface area contributed by atoms with E-state index in [0.717, 1.165) is 19.3 Å². The number of anilines is 1. The molecule has 1 rings (SSSR count). The van der Waals surface area contributed by atoms with Crippen molar-refractivity contribution in [3.8, 4) is 0 Å². The Balaban J connectivity index is 2.97. The molecule has 0 fully saturated rings. The molecular weight excluding hydrogens is 290 g/mol. The number of carbonyl (C=O) groups excluding carboxylic acids is 1. The molecule has 5 heteroatoms. The number of halogens is 1. The van der Waals surface area contributed by atoms with Crippen LogP contribution in [0.2, 0.25) is 5.02 Å². The maximum Gasteiger partial charge on any atom is 0.323 e. The summed E-state index contributed by atoms with van der Waals surface area (Å²) in [5.41, 5.74) is 0.571. The number of amides is 1. The van der Waals surface area contributed by atoms with E-state index in [1.54, 1.807) is 24.3 Å². The van der Waals surface area contributed by atoms with Crippen LogP contribution in [0.4, 0.5) is 5.69 Å². The van der Waals surface area contributed by atoms with Crippen LogP contribution in [0.5, 0.6) is 0 Å². The number of carboxylic acid groups (broad SMARTS) is 1. The number of unbranched alkanes of at least 4 members (excludes halogenated alkanes) is 1. The van der Waals surface area contributed by atoms with Crippen LogP contribution in [-0.4, -0.2) is 23.5 Å². The maximum atomic E-state index is 12.6. The van der Waals surface area contributed by atoms with Crippen molar-refractivity contribution in [2.75, 3.05) is 11.4 Å². The average molecular weight is 312 g/mol. The minimum absolute atomic E-state index is 0.129. The SMILES string of the molecule is CCCCC(CC)C(=O)N(CC(=O)O)c1ccc(Cl)cc1. The average Bonchev–Trinajstić information content (AvgIpc) is 2.46. The number of rotatable bonds is 8. The fourth-order valence-electron chi connectivity index (χ4n) is 2.23. The zero-order valence-corrected chi connectivity index (χ0v) is 13.3. The summed E-state index contributed by atoms with van der Waals surface area (Å²) in [6, 6.07) is 6.67. The van der Waals surface area contributed by atoms with E-state index in [4.69, 9.17) is 16.7 Å². The van der Waals surface area contributed by atoms with Crippen LogP contribution in [-0.2, 0) is 9.59 Å². The largest absolute Gasteiger partial charge is 0.480 e. The van der Waals surface area contributed by atoms with E-state index in [2.05, 4.69) is 6.92 Å². The summed E-state index contributed by atoms with van der Waals surface area (Å²) in [6.45, 7) is 3.70. The van der Waals surface area contributed by atoms with Gasteiger partial charge in [-0.05, 0) is 37.1 Å². The van der Waals surface area contributed by atoms with Gasteiger partial charge in [-0.15, -0.1) is 0 Å². The minimum Gasteiger partial charge on any atom is -0.480 e. The first-order chi connectivity index (χ1) is 9.99. The Bertz CT molecular complexity index is 473. The molecule has 0 bridgehead atoms. The molecule has 1 aromatic carbocycles. The van der Waals surface area contributed by atoms with E-state index < -0.39 is 5.97 Å². The maximum absolute atomic E-state index is 12.6. The molecule has 1 N–H and O–H groups in total. The van der Waals surface area contributed by atoms with Gasteiger partial charge in [-0.25, -0.2) is 0 Å². The third-order valence-corrected chi connectivity index (χ3v) is 3.70. The molecule has 1 atom stereocenters. The predicted octanol–water partition coefficient (Wildman–Crippen LogP) is 3.97. The highest BCUT2D eigenvalue weighted by Crippen LogP contribution is 2.23. The molecule has 0 heterocycles. The fraction of sp³-hybridized carbons (Fsp3) is 0.500. The molecule has 0 radical (unpaired) electrons. The number of hydrogen-bond acceptors (Lipinski definition) is 2. The van der Waals surface area contributed by atoms with Crippen molar-refractivity contribution in [3.05, 3.63) is 29.3 Å². The first kappa shape index (κ1) is 17.5. The quantitative estimate of drug-likeness (QED) is 0.790. The molecule has 1 amide bonds. The van der Waals surface area contributed by atoms with Crippen LogP contribution in [0, 0.1) is 5.92 Å². The Morgan fingerprint density at radius 2 is 1.86 bits per heavy atom. The first-order valence-electron chi connectivity index (χ1n) is 7.28. The van der Waals surface area contributed by atoms with Gasteiger partial charge in [-0.3, -0.25) is 9.59 Å². The first-order valence-corrected chi connectivity index (χ1v) is 7.66. The standard InChI is InChI=1S/C16H22ClNO3/c1-3-5-6-12(4-2)16(21)18(11-15(19)20)14-9-7-13(17)8-10-14/h7-10,12H,3-6,11H2,1-2H3,(H,19,20). The number of hydrogen-bond donors (Lipinski definition) is 1. The van der Waals surface area contributed by atoms with Crippen molar-refractivity contribution in [3.63, 3.8) is 0 Å². The highest BCUT2D eigenvalue weighted by molar-refractivity contribution is 6.30. The van der Waals surface area contributed by atoms with Crippen molar-refractivity contribution in [1.82, 2.24) is 0 Å².